The molecule has 3 aromatic rings. The van der Waals surface area contributed by atoms with Gasteiger partial charge in [0.2, 0.25) is 0 Å². The van der Waals surface area contributed by atoms with Crippen LogP contribution in [0, 0.1) is 5.82 Å². The van der Waals surface area contributed by atoms with Gasteiger partial charge < -0.3 is 10.1 Å². The van der Waals surface area contributed by atoms with Crippen LogP contribution in [0.4, 0.5) is 4.39 Å². The van der Waals surface area contributed by atoms with E-state index in [1.165, 1.54) is 23.3 Å². The van der Waals surface area contributed by atoms with Crippen molar-refractivity contribution in [3.8, 4) is 5.75 Å². The summed E-state index contributed by atoms with van der Waals surface area (Å²) in [6.07, 6.45) is 1.01. The molecule has 3 aromatic carbocycles. The molecule has 26 heavy (non-hydrogen) atoms. The molecule has 0 fully saturated rings. The Kier molecular flexibility index (Phi) is 6.64. The molecule has 4 heteroatoms. The van der Waals surface area contributed by atoms with Crippen LogP contribution < -0.4 is 10.1 Å². The highest BCUT2D eigenvalue weighted by Gasteiger charge is 2.03. The van der Waals surface area contributed by atoms with Crippen molar-refractivity contribution in [2.75, 3.05) is 6.54 Å². The zero-order valence-electron chi connectivity index (χ0n) is 14.4. The van der Waals surface area contributed by atoms with Gasteiger partial charge in [-0.05, 0) is 48.4 Å². The number of hydrogen-bond acceptors (Lipinski definition) is 2. The lowest BCUT2D eigenvalue weighted by Gasteiger charge is -2.09. The summed E-state index contributed by atoms with van der Waals surface area (Å²) >= 11 is 6.01. The van der Waals surface area contributed by atoms with E-state index < -0.39 is 0 Å². The van der Waals surface area contributed by atoms with E-state index in [1.807, 2.05) is 30.3 Å². The zero-order chi connectivity index (χ0) is 18.2. The highest BCUT2D eigenvalue weighted by Crippen LogP contribution is 2.20. The summed E-state index contributed by atoms with van der Waals surface area (Å²) in [6, 6.07) is 22.7. The van der Waals surface area contributed by atoms with Gasteiger partial charge in [-0.25, -0.2) is 4.39 Å². The summed E-state index contributed by atoms with van der Waals surface area (Å²) in [4.78, 5) is 0. The van der Waals surface area contributed by atoms with Crippen LogP contribution in [0.15, 0.2) is 72.8 Å². The highest BCUT2D eigenvalue weighted by molar-refractivity contribution is 6.31. The first-order valence-electron chi connectivity index (χ1n) is 8.61. The number of halogens is 2. The molecule has 0 saturated carbocycles. The quantitative estimate of drug-likeness (QED) is 0.537. The van der Waals surface area contributed by atoms with Gasteiger partial charge in [0.05, 0.1) is 5.02 Å². The van der Waals surface area contributed by atoms with Gasteiger partial charge in [0, 0.05) is 12.1 Å². The molecule has 0 spiro atoms. The van der Waals surface area contributed by atoms with Gasteiger partial charge in [-0.1, -0.05) is 60.1 Å². The van der Waals surface area contributed by atoms with Crippen molar-refractivity contribution < 1.29 is 9.13 Å². The summed E-state index contributed by atoms with van der Waals surface area (Å²) in [5.41, 5.74) is 3.30. The maximum atomic E-state index is 13.0. The van der Waals surface area contributed by atoms with Crippen LogP contribution in [0.1, 0.15) is 16.7 Å². The fourth-order valence-corrected chi connectivity index (χ4v) is 2.84. The van der Waals surface area contributed by atoms with E-state index in [9.17, 15) is 4.39 Å². The summed E-state index contributed by atoms with van der Waals surface area (Å²) in [5.74, 6) is 0.418. The first-order valence-corrected chi connectivity index (χ1v) is 8.99. The van der Waals surface area contributed by atoms with Crippen molar-refractivity contribution in [2.45, 2.75) is 19.6 Å². The van der Waals surface area contributed by atoms with Crippen molar-refractivity contribution in [1.82, 2.24) is 5.32 Å². The smallest absolute Gasteiger partial charge is 0.124 e. The van der Waals surface area contributed by atoms with Crippen LogP contribution in [0.5, 0.6) is 5.75 Å². The van der Waals surface area contributed by atoms with Crippen molar-refractivity contribution >= 4 is 11.6 Å². The van der Waals surface area contributed by atoms with Crippen LogP contribution in [0.3, 0.4) is 0 Å². The molecule has 0 radical (unpaired) electrons. The number of hydrogen-bond donors (Lipinski definition) is 1. The van der Waals surface area contributed by atoms with Gasteiger partial charge in [-0.15, -0.1) is 0 Å². The summed E-state index contributed by atoms with van der Waals surface area (Å²) in [6.45, 7) is 2.07. The van der Waals surface area contributed by atoms with Crippen LogP contribution >= 0.6 is 11.6 Å². The topological polar surface area (TPSA) is 21.3 Å². The average molecular weight is 370 g/mol. The number of nitrogens with one attached hydrogen (secondary N) is 1. The number of rotatable bonds is 8. The van der Waals surface area contributed by atoms with Crippen molar-refractivity contribution in [3.05, 3.63) is 100 Å². The van der Waals surface area contributed by atoms with Gasteiger partial charge >= 0.3 is 0 Å². The Labute approximate surface area is 158 Å². The predicted octanol–water partition coefficient (Wildman–Crippen LogP) is 5.39. The summed E-state index contributed by atoms with van der Waals surface area (Å²) in [5, 5.41) is 3.83. The minimum Gasteiger partial charge on any atom is -0.489 e. The third-order valence-corrected chi connectivity index (χ3v) is 4.45. The molecule has 0 heterocycles. The average Bonchev–Trinajstić information content (AvgIpc) is 2.66. The lowest BCUT2D eigenvalue weighted by Crippen LogP contribution is -2.16. The normalized spacial score (nSPS) is 10.7. The van der Waals surface area contributed by atoms with E-state index in [4.69, 9.17) is 16.3 Å². The Morgan fingerprint density at radius 3 is 2.38 bits per heavy atom. The molecule has 0 aliphatic rings. The molecule has 0 unspecified atom stereocenters. The molecular weight excluding hydrogens is 349 g/mol. The second-order valence-electron chi connectivity index (χ2n) is 6.08. The summed E-state index contributed by atoms with van der Waals surface area (Å²) in [7, 11) is 0. The van der Waals surface area contributed by atoms with Gasteiger partial charge in [0.15, 0.2) is 0 Å². The minimum atomic E-state index is -0.345. The predicted molar refractivity (Wildman–Crippen MR) is 104 cm³/mol. The molecule has 2 nitrogen and oxygen atoms in total. The third-order valence-electron chi connectivity index (χ3n) is 4.10. The monoisotopic (exact) mass is 369 g/mol. The molecule has 0 aliphatic carbocycles. The lowest BCUT2D eigenvalue weighted by molar-refractivity contribution is 0.306. The van der Waals surface area contributed by atoms with Crippen LogP contribution in [-0.2, 0) is 19.6 Å². The molecule has 0 atom stereocenters. The Morgan fingerprint density at radius 1 is 0.885 bits per heavy atom. The van der Waals surface area contributed by atoms with Crippen LogP contribution in [0.2, 0.25) is 5.02 Å². The molecule has 134 valence electrons. The van der Waals surface area contributed by atoms with Crippen molar-refractivity contribution in [1.29, 1.82) is 0 Å². The Balaban J connectivity index is 1.43. The van der Waals surface area contributed by atoms with E-state index >= 15 is 0 Å². The molecule has 1 N–H and O–H groups in total. The van der Waals surface area contributed by atoms with Gasteiger partial charge in [0.25, 0.3) is 0 Å². The Morgan fingerprint density at radius 2 is 1.65 bits per heavy atom. The fourth-order valence-electron chi connectivity index (χ4n) is 2.61. The summed E-state index contributed by atoms with van der Waals surface area (Å²) < 4.78 is 18.8. The lowest BCUT2D eigenvalue weighted by atomic mass is 10.1. The first-order chi connectivity index (χ1) is 12.7. The van der Waals surface area contributed by atoms with E-state index in [0.29, 0.717) is 11.6 Å². The molecule has 3 rings (SSSR count). The van der Waals surface area contributed by atoms with Gasteiger partial charge in [-0.2, -0.15) is 0 Å². The van der Waals surface area contributed by atoms with E-state index in [1.54, 1.807) is 6.07 Å². The van der Waals surface area contributed by atoms with Gasteiger partial charge in [0.1, 0.15) is 18.2 Å². The Bertz CT molecular complexity index is 821. The third kappa shape index (κ3) is 5.58. The molecule has 0 saturated heterocycles. The Hall–Kier alpha value is -2.36. The minimum absolute atomic E-state index is 0.313. The number of benzene rings is 3. The molecule has 0 aromatic heterocycles. The molecule has 0 amide bonds. The fraction of sp³-hybridized carbons (Fsp3) is 0.182. The van der Waals surface area contributed by atoms with E-state index in [2.05, 4.69) is 29.6 Å². The first kappa shape index (κ1) is 18.4. The molecular formula is C22H21ClFNO. The van der Waals surface area contributed by atoms with E-state index in [0.717, 1.165) is 30.8 Å². The van der Waals surface area contributed by atoms with Crippen molar-refractivity contribution in [3.63, 3.8) is 0 Å². The largest absolute Gasteiger partial charge is 0.489 e. The van der Waals surface area contributed by atoms with Crippen LogP contribution in [-0.4, -0.2) is 6.54 Å². The second kappa shape index (κ2) is 9.37. The van der Waals surface area contributed by atoms with E-state index in [-0.39, 0.29) is 5.82 Å². The highest BCUT2D eigenvalue weighted by atomic mass is 35.5. The maximum Gasteiger partial charge on any atom is 0.124 e. The van der Waals surface area contributed by atoms with Gasteiger partial charge in [-0.3, -0.25) is 0 Å². The second-order valence-corrected chi connectivity index (χ2v) is 6.49. The van der Waals surface area contributed by atoms with Crippen LogP contribution in [0.25, 0.3) is 0 Å². The number of ether oxygens (including phenoxy) is 1. The molecule has 0 aliphatic heterocycles. The maximum absolute atomic E-state index is 13.0. The SMILES string of the molecule is Fc1ccc(COc2ccc(CNCCc3ccccc3)cc2)c(Cl)c1. The van der Waals surface area contributed by atoms with Crippen molar-refractivity contribution in [2.24, 2.45) is 0 Å². The molecule has 0 bridgehead atoms. The standard InChI is InChI=1S/C22H21ClFNO/c23-22-14-20(24)9-8-19(22)16-26-21-10-6-18(7-11-21)15-25-13-12-17-4-2-1-3-5-17/h1-11,14,25H,12-13,15-16H2. The zero-order valence-corrected chi connectivity index (χ0v) is 15.2.